The number of nitrogens with one attached hydrogen (secondary N) is 1. The quantitative estimate of drug-likeness (QED) is 0.703. The molecule has 30 heavy (non-hydrogen) atoms. The van der Waals surface area contributed by atoms with Gasteiger partial charge in [-0.05, 0) is 64.8 Å². The van der Waals surface area contributed by atoms with E-state index in [-0.39, 0.29) is 29.8 Å². The number of fused-ring (bicyclic) bond motifs is 2. The first-order valence-electron chi connectivity index (χ1n) is 11.4. The molecule has 2 bridgehead atoms. The fraction of sp³-hybridized carbons (Fsp3) is 0.810. The lowest BCUT2D eigenvalue weighted by Gasteiger charge is -2.38. The van der Waals surface area contributed by atoms with Gasteiger partial charge < -0.3 is 9.84 Å². The number of carbonyl (C=O) groups excluding carboxylic acids is 1. The number of nitrogens with zero attached hydrogens (tertiary/aromatic N) is 3. The first-order chi connectivity index (χ1) is 14.4. The van der Waals surface area contributed by atoms with Crippen LogP contribution in [0.4, 0.5) is 0 Å². The topological polar surface area (TPSA) is 95.8 Å². The molecule has 9 heteroatoms. The molecule has 0 aromatic carbocycles. The van der Waals surface area contributed by atoms with Crippen LogP contribution in [0.2, 0.25) is 0 Å². The van der Waals surface area contributed by atoms with Crippen LogP contribution in [0, 0.1) is 0 Å². The van der Waals surface area contributed by atoms with E-state index in [1.54, 1.807) is 10.4 Å². The van der Waals surface area contributed by atoms with Gasteiger partial charge in [0, 0.05) is 42.7 Å². The average molecular weight is 437 g/mol. The SMILES string of the molecule is CC1CCCN1CCS(=O)(=O)N1[C@@H]2CC[C@H]1CC(NC(=O)c1cc(C3CC3)on1)C2. The minimum atomic E-state index is -3.28. The van der Waals surface area contributed by atoms with Crippen molar-refractivity contribution in [3.05, 3.63) is 17.5 Å². The Hall–Kier alpha value is -1.45. The Labute approximate surface area is 178 Å². The van der Waals surface area contributed by atoms with E-state index in [9.17, 15) is 13.2 Å². The van der Waals surface area contributed by atoms with Gasteiger partial charge in [-0.15, -0.1) is 0 Å². The second-order valence-electron chi connectivity index (χ2n) is 9.59. The van der Waals surface area contributed by atoms with E-state index in [1.807, 2.05) is 0 Å². The second kappa shape index (κ2) is 7.91. The Morgan fingerprint density at radius 1 is 1.20 bits per heavy atom. The van der Waals surface area contributed by atoms with E-state index in [0.29, 0.717) is 37.0 Å². The van der Waals surface area contributed by atoms with Crippen molar-refractivity contribution in [2.75, 3.05) is 18.8 Å². The maximum Gasteiger partial charge on any atom is 0.273 e. The van der Waals surface area contributed by atoms with Gasteiger partial charge in [0.1, 0.15) is 5.76 Å². The summed E-state index contributed by atoms with van der Waals surface area (Å²) in [7, 11) is -3.28. The van der Waals surface area contributed by atoms with Crippen LogP contribution in [0.5, 0.6) is 0 Å². The van der Waals surface area contributed by atoms with Gasteiger partial charge in [0.25, 0.3) is 5.91 Å². The third-order valence-corrected chi connectivity index (χ3v) is 9.33. The molecule has 1 aliphatic carbocycles. The van der Waals surface area contributed by atoms with Crippen molar-refractivity contribution in [2.45, 2.75) is 88.4 Å². The minimum absolute atomic E-state index is 0.00520. The van der Waals surface area contributed by atoms with Gasteiger partial charge >= 0.3 is 0 Å². The molecule has 3 aliphatic heterocycles. The number of rotatable bonds is 7. The highest BCUT2D eigenvalue weighted by Crippen LogP contribution is 2.40. The van der Waals surface area contributed by atoms with Gasteiger partial charge in [-0.3, -0.25) is 9.69 Å². The second-order valence-corrected chi connectivity index (χ2v) is 11.6. The predicted molar refractivity (Wildman–Crippen MR) is 112 cm³/mol. The lowest BCUT2D eigenvalue weighted by molar-refractivity contribution is 0.0900. The molecule has 4 aliphatic rings. The van der Waals surface area contributed by atoms with Crippen LogP contribution >= 0.6 is 0 Å². The normalized spacial score (nSPS) is 32.6. The predicted octanol–water partition coefficient (Wildman–Crippen LogP) is 2.09. The van der Waals surface area contributed by atoms with Crippen molar-refractivity contribution in [3.63, 3.8) is 0 Å². The summed E-state index contributed by atoms with van der Waals surface area (Å²) >= 11 is 0. The van der Waals surface area contributed by atoms with E-state index in [1.165, 1.54) is 0 Å². The highest BCUT2D eigenvalue weighted by atomic mass is 32.2. The van der Waals surface area contributed by atoms with Gasteiger partial charge in [0.05, 0.1) is 5.75 Å². The third-order valence-electron chi connectivity index (χ3n) is 7.39. The van der Waals surface area contributed by atoms with Gasteiger partial charge in [0.2, 0.25) is 10.0 Å². The molecule has 1 aromatic rings. The Morgan fingerprint density at radius 3 is 2.57 bits per heavy atom. The number of likely N-dealkylation sites (tertiary alicyclic amines) is 1. The smallest absolute Gasteiger partial charge is 0.273 e. The van der Waals surface area contributed by atoms with Crippen molar-refractivity contribution in [1.82, 2.24) is 19.7 Å². The molecule has 1 N–H and O–H groups in total. The van der Waals surface area contributed by atoms with Crippen molar-refractivity contribution in [3.8, 4) is 0 Å². The van der Waals surface area contributed by atoms with Crippen LogP contribution in [-0.2, 0) is 10.0 Å². The number of amides is 1. The van der Waals surface area contributed by atoms with Crippen LogP contribution in [0.25, 0.3) is 0 Å². The van der Waals surface area contributed by atoms with Gasteiger partial charge in [-0.25, -0.2) is 8.42 Å². The molecule has 166 valence electrons. The zero-order valence-corrected chi connectivity index (χ0v) is 18.4. The molecular formula is C21H32N4O4S. The maximum absolute atomic E-state index is 13.1. The molecule has 4 atom stereocenters. The summed E-state index contributed by atoms with van der Waals surface area (Å²) in [5.41, 5.74) is 0.332. The molecule has 4 heterocycles. The molecule has 0 radical (unpaired) electrons. The number of hydrogen-bond donors (Lipinski definition) is 1. The molecule has 1 aromatic heterocycles. The molecular weight excluding hydrogens is 404 g/mol. The summed E-state index contributed by atoms with van der Waals surface area (Å²) in [6, 6.07) is 2.21. The minimum Gasteiger partial charge on any atom is -0.360 e. The summed E-state index contributed by atoms with van der Waals surface area (Å²) < 4.78 is 33.3. The van der Waals surface area contributed by atoms with E-state index in [0.717, 1.165) is 50.8 Å². The first-order valence-corrected chi connectivity index (χ1v) is 13.0. The number of aromatic nitrogens is 1. The summed E-state index contributed by atoms with van der Waals surface area (Å²) in [4.78, 5) is 14.9. The largest absolute Gasteiger partial charge is 0.360 e. The van der Waals surface area contributed by atoms with Crippen molar-refractivity contribution < 1.29 is 17.7 Å². The summed E-state index contributed by atoms with van der Waals surface area (Å²) in [6.07, 6.45) is 7.63. The third kappa shape index (κ3) is 4.03. The maximum atomic E-state index is 13.1. The number of hydrogen-bond acceptors (Lipinski definition) is 6. The number of piperidine rings is 1. The van der Waals surface area contributed by atoms with Crippen molar-refractivity contribution in [1.29, 1.82) is 0 Å². The highest BCUT2D eigenvalue weighted by molar-refractivity contribution is 7.89. The molecule has 5 rings (SSSR count). The van der Waals surface area contributed by atoms with E-state index < -0.39 is 10.0 Å². The molecule has 3 saturated heterocycles. The van der Waals surface area contributed by atoms with Crippen LogP contribution in [-0.4, -0.2) is 71.7 Å². The summed E-state index contributed by atoms with van der Waals surface area (Å²) in [5, 5.41) is 6.99. The van der Waals surface area contributed by atoms with Crippen molar-refractivity contribution >= 4 is 15.9 Å². The zero-order chi connectivity index (χ0) is 20.9. The Morgan fingerprint density at radius 2 is 1.93 bits per heavy atom. The van der Waals surface area contributed by atoms with Crippen LogP contribution in [0.3, 0.4) is 0 Å². The lowest BCUT2D eigenvalue weighted by atomic mass is 9.99. The van der Waals surface area contributed by atoms with Gasteiger partial charge in [0.15, 0.2) is 5.69 Å². The lowest BCUT2D eigenvalue weighted by Crippen LogP contribution is -2.53. The Bertz CT molecular complexity index is 883. The molecule has 1 saturated carbocycles. The molecule has 4 fully saturated rings. The molecule has 2 unspecified atom stereocenters. The van der Waals surface area contributed by atoms with Gasteiger partial charge in [-0.1, -0.05) is 5.16 Å². The van der Waals surface area contributed by atoms with E-state index in [4.69, 9.17) is 4.52 Å². The van der Waals surface area contributed by atoms with E-state index in [2.05, 4.69) is 22.3 Å². The van der Waals surface area contributed by atoms with Crippen LogP contribution in [0.15, 0.2) is 10.6 Å². The van der Waals surface area contributed by atoms with Gasteiger partial charge in [-0.2, -0.15) is 4.31 Å². The number of sulfonamides is 1. The Kier molecular flexibility index (Phi) is 5.39. The molecule has 8 nitrogen and oxygen atoms in total. The average Bonchev–Trinajstić information content (AvgIpc) is 3.15. The molecule has 0 spiro atoms. The summed E-state index contributed by atoms with van der Waals surface area (Å²) in [5.74, 6) is 1.21. The first kappa shape index (κ1) is 20.5. The highest BCUT2D eigenvalue weighted by Gasteiger charge is 2.47. The monoisotopic (exact) mass is 436 g/mol. The zero-order valence-electron chi connectivity index (χ0n) is 17.6. The van der Waals surface area contributed by atoms with E-state index >= 15 is 0 Å². The fourth-order valence-electron chi connectivity index (χ4n) is 5.58. The number of carbonyl (C=O) groups is 1. The summed E-state index contributed by atoms with van der Waals surface area (Å²) in [6.45, 7) is 3.80. The van der Waals surface area contributed by atoms with Crippen LogP contribution < -0.4 is 5.32 Å². The molecule has 1 amide bonds. The van der Waals surface area contributed by atoms with Crippen molar-refractivity contribution in [2.24, 2.45) is 0 Å². The standard InChI is InChI=1S/C21H32N4O4S/c1-14-3-2-8-24(14)9-10-30(27,28)25-17-6-7-18(25)12-16(11-17)22-21(26)19-13-20(29-23-19)15-4-5-15/h13-18H,2-12H2,1H3,(H,22,26)/t14?,16?,17-,18+. The fourth-order valence-corrected chi connectivity index (χ4v) is 7.55. The van der Waals surface area contributed by atoms with Crippen LogP contribution in [0.1, 0.15) is 80.5 Å². The Balaban J connectivity index is 1.18.